The predicted octanol–water partition coefficient (Wildman–Crippen LogP) is 5.82. The number of aromatic nitrogens is 1. The Hall–Kier alpha value is -2.28. The van der Waals surface area contributed by atoms with Crippen LogP contribution in [0.5, 0.6) is 0 Å². The van der Waals surface area contributed by atoms with Crippen LogP contribution in [0.3, 0.4) is 0 Å². The number of carboxylic acids is 1. The lowest BCUT2D eigenvalue weighted by Crippen LogP contribution is -2.34. The highest BCUT2D eigenvalue weighted by atomic mass is 16.5. The molecule has 0 spiro atoms. The lowest BCUT2D eigenvalue weighted by atomic mass is 9.95. The van der Waals surface area contributed by atoms with Gasteiger partial charge in [-0.15, -0.1) is 0 Å². The van der Waals surface area contributed by atoms with Crippen LogP contribution in [0.4, 0.5) is 0 Å². The topological polar surface area (TPSA) is 71.9 Å². The zero-order chi connectivity index (χ0) is 26.4. The second-order valence-corrected chi connectivity index (χ2v) is 11.7. The third-order valence-electron chi connectivity index (χ3n) is 7.45. The van der Waals surface area contributed by atoms with Crippen LogP contribution >= 0.6 is 0 Å². The molecule has 0 amide bonds. The van der Waals surface area contributed by atoms with E-state index < -0.39 is 12.0 Å². The van der Waals surface area contributed by atoms with Crippen molar-refractivity contribution in [3.05, 3.63) is 64.0 Å². The van der Waals surface area contributed by atoms with Crippen LogP contribution in [0.1, 0.15) is 92.6 Å². The summed E-state index contributed by atoms with van der Waals surface area (Å²) >= 11 is 0. The Morgan fingerprint density at radius 2 is 1.97 bits per heavy atom. The Morgan fingerprint density at radius 1 is 1.16 bits per heavy atom. The first-order valence-electron chi connectivity index (χ1n) is 14.0. The van der Waals surface area contributed by atoms with Crippen molar-refractivity contribution in [2.24, 2.45) is 0 Å². The van der Waals surface area contributed by atoms with E-state index in [4.69, 9.17) is 14.5 Å². The maximum atomic E-state index is 12.5. The van der Waals surface area contributed by atoms with Crippen molar-refractivity contribution < 1.29 is 19.4 Å². The molecule has 1 aliphatic carbocycles. The van der Waals surface area contributed by atoms with Crippen molar-refractivity contribution in [3.8, 4) is 0 Å². The third kappa shape index (κ3) is 7.86. The molecule has 0 saturated carbocycles. The van der Waals surface area contributed by atoms with Crippen LogP contribution in [-0.2, 0) is 40.1 Å². The van der Waals surface area contributed by atoms with Gasteiger partial charge >= 0.3 is 5.97 Å². The molecule has 6 nitrogen and oxygen atoms in total. The lowest BCUT2D eigenvalue weighted by Gasteiger charge is -2.28. The van der Waals surface area contributed by atoms with Gasteiger partial charge in [0.15, 0.2) is 0 Å². The van der Waals surface area contributed by atoms with Gasteiger partial charge in [-0.1, -0.05) is 29.8 Å². The summed E-state index contributed by atoms with van der Waals surface area (Å²) in [6.07, 6.45) is 8.80. The first-order chi connectivity index (χ1) is 17.7. The number of unbranched alkanes of at least 4 members (excludes halogenated alkanes) is 1. The van der Waals surface area contributed by atoms with Gasteiger partial charge in [-0.3, -0.25) is 14.7 Å². The maximum Gasteiger partial charge on any atom is 0.325 e. The predicted molar refractivity (Wildman–Crippen MR) is 146 cm³/mol. The molecule has 2 aliphatic rings. The van der Waals surface area contributed by atoms with Gasteiger partial charge in [-0.2, -0.15) is 0 Å². The zero-order valence-corrected chi connectivity index (χ0v) is 23.1. The summed E-state index contributed by atoms with van der Waals surface area (Å²) in [4.78, 5) is 19.4. The van der Waals surface area contributed by atoms with Gasteiger partial charge in [0.2, 0.25) is 0 Å². The normalized spacial score (nSPS) is 19.1. The summed E-state index contributed by atoms with van der Waals surface area (Å²) in [5.74, 6) is -0.819. The molecule has 1 aromatic carbocycles. The molecule has 4 rings (SSSR count). The number of hydrogen-bond acceptors (Lipinski definition) is 5. The molecule has 1 aromatic heterocycles. The number of pyridine rings is 1. The van der Waals surface area contributed by atoms with E-state index in [1.165, 1.54) is 36.2 Å². The zero-order valence-electron chi connectivity index (χ0n) is 23.1. The van der Waals surface area contributed by atoms with Crippen LogP contribution in [0.2, 0.25) is 0 Å². The summed E-state index contributed by atoms with van der Waals surface area (Å²) < 4.78 is 12.2. The Bertz CT molecular complexity index is 1060. The van der Waals surface area contributed by atoms with Gasteiger partial charge in [0.05, 0.1) is 18.3 Å². The van der Waals surface area contributed by atoms with E-state index in [0.29, 0.717) is 26.3 Å². The van der Waals surface area contributed by atoms with Crippen LogP contribution in [0.25, 0.3) is 0 Å². The fraction of sp³-hybridized carbons (Fsp3) is 0.613. The minimum absolute atomic E-state index is 0.0720. The molecule has 202 valence electrons. The van der Waals surface area contributed by atoms with Gasteiger partial charge in [0.25, 0.3) is 0 Å². The fourth-order valence-corrected chi connectivity index (χ4v) is 5.43. The third-order valence-corrected chi connectivity index (χ3v) is 7.45. The van der Waals surface area contributed by atoms with E-state index in [0.717, 1.165) is 48.8 Å². The second-order valence-electron chi connectivity index (χ2n) is 11.7. The summed E-state index contributed by atoms with van der Waals surface area (Å²) in [6, 6.07) is 9.81. The summed E-state index contributed by atoms with van der Waals surface area (Å²) in [7, 11) is 0. The number of carboxylic acid groups (broad SMARTS) is 1. The number of aliphatic carboxylic acids is 1. The van der Waals surface area contributed by atoms with Crippen LogP contribution < -0.4 is 0 Å². The van der Waals surface area contributed by atoms with Crippen LogP contribution in [-0.4, -0.2) is 52.4 Å². The number of ether oxygens (including phenoxy) is 2. The highest BCUT2D eigenvalue weighted by Crippen LogP contribution is 2.31. The molecule has 1 aliphatic heterocycles. The number of aryl methyl sites for hydroxylation is 4. The van der Waals surface area contributed by atoms with Gasteiger partial charge in [-0.05, 0) is 102 Å². The standard InChI is InChI=1S/C31H44N2O4/c1-22-12-13-24(21-37-31(2,3)4)27(19-22)29(30(34)35)33-17-16-26(20-33)36-18-8-7-10-25-15-14-23-9-5-6-11-28(23)32-25/h12-15,19,26,29H,5-11,16-18,20-21H2,1-4H3,(H,34,35)/t26-,29?/m1/s1. The summed E-state index contributed by atoms with van der Waals surface area (Å²) in [5, 5.41) is 10.2. The van der Waals surface area contributed by atoms with E-state index in [1.807, 2.05) is 45.9 Å². The van der Waals surface area contributed by atoms with Crippen molar-refractivity contribution in [1.29, 1.82) is 0 Å². The molecule has 1 N–H and O–H groups in total. The van der Waals surface area contributed by atoms with E-state index in [-0.39, 0.29) is 11.7 Å². The minimum Gasteiger partial charge on any atom is -0.480 e. The van der Waals surface area contributed by atoms with Crippen molar-refractivity contribution in [2.45, 2.75) is 103 Å². The molecule has 2 heterocycles. The van der Waals surface area contributed by atoms with Crippen molar-refractivity contribution in [3.63, 3.8) is 0 Å². The van der Waals surface area contributed by atoms with E-state index >= 15 is 0 Å². The molecular weight excluding hydrogens is 464 g/mol. The maximum absolute atomic E-state index is 12.5. The Morgan fingerprint density at radius 3 is 2.76 bits per heavy atom. The molecule has 2 aromatic rings. The van der Waals surface area contributed by atoms with Gasteiger partial charge < -0.3 is 14.6 Å². The van der Waals surface area contributed by atoms with Crippen molar-refractivity contribution >= 4 is 5.97 Å². The smallest absolute Gasteiger partial charge is 0.325 e. The highest BCUT2D eigenvalue weighted by molar-refractivity contribution is 5.76. The fourth-order valence-electron chi connectivity index (χ4n) is 5.43. The quantitative estimate of drug-likeness (QED) is 0.386. The molecule has 1 fully saturated rings. The van der Waals surface area contributed by atoms with Crippen LogP contribution in [0, 0.1) is 6.92 Å². The van der Waals surface area contributed by atoms with Gasteiger partial charge in [-0.25, -0.2) is 0 Å². The highest BCUT2D eigenvalue weighted by Gasteiger charge is 2.35. The number of nitrogens with zero attached hydrogens (tertiary/aromatic N) is 2. The van der Waals surface area contributed by atoms with E-state index in [1.54, 1.807) is 0 Å². The largest absolute Gasteiger partial charge is 0.480 e. The van der Waals surface area contributed by atoms with Gasteiger partial charge in [0.1, 0.15) is 6.04 Å². The number of likely N-dealkylation sites (tertiary alicyclic amines) is 1. The number of carbonyl (C=O) groups is 1. The number of fused-ring (bicyclic) bond motifs is 1. The molecular formula is C31H44N2O4. The first-order valence-corrected chi connectivity index (χ1v) is 14.0. The Labute approximate surface area is 222 Å². The molecule has 6 heteroatoms. The monoisotopic (exact) mass is 508 g/mol. The average molecular weight is 509 g/mol. The number of hydrogen-bond donors (Lipinski definition) is 1. The molecule has 37 heavy (non-hydrogen) atoms. The molecule has 0 radical (unpaired) electrons. The molecule has 0 bridgehead atoms. The average Bonchev–Trinajstić information content (AvgIpc) is 3.30. The Kier molecular flexibility index (Phi) is 9.38. The lowest BCUT2D eigenvalue weighted by molar-refractivity contribution is -0.143. The number of benzene rings is 1. The summed E-state index contributed by atoms with van der Waals surface area (Å²) in [6.45, 7) is 10.5. The van der Waals surface area contributed by atoms with E-state index in [2.05, 4.69) is 17.0 Å². The Balaban J connectivity index is 1.28. The molecule has 1 unspecified atom stereocenters. The van der Waals surface area contributed by atoms with Crippen molar-refractivity contribution in [1.82, 2.24) is 9.88 Å². The van der Waals surface area contributed by atoms with Crippen LogP contribution in [0.15, 0.2) is 30.3 Å². The molecule has 2 atom stereocenters. The van der Waals surface area contributed by atoms with Gasteiger partial charge in [0, 0.05) is 31.1 Å². The van der Waals surface area contributed by atoms with Crippen molar-refractivity contribution in [2.75, 3.05) is 19.7 Å². The number of rotatable bonds is 11. The molecule has 1 saturated heterocycles. The minimum atomic E-state index is -0.819. The van der Waals surface area contributed by atoms with E-state index in [9.17, 15) is 9.90 Å². The summed E-state index contributed by atoms with van der Waals surface area (Å²) in [5.41, 5.74) is 6.47. The first kappa shape index (κ1) is 27.7. The second kappa shape index (κ2) is 12.5. The SMILES string of the molecule is Cc1ccc(COC(C)(C)C)c(C(C(=O)O)N2CC[C@@H](OCCCCc3ccc4c(n3)CCCC4)C2)c1.